The van der Waals surface area contributed by atoms with Gasteiger partial charge in [0.25, 0.3) is 5.91 Å². The Hall–Kier alpha value is -1.38. The van der Waals surface area contributed by atoms with E-state index in [1.165, 1.54) is 57.0 Å². The zero-order valence-corrected chi connectivity index (χ0v) is 20.6. The van der Waals surface area contributed by atoms with Crippen molar-refractivity contribution in [2.45, 2.75) is 85.3 Å². The summed E-state index contributed by atoms with van der Waals surface area (Å²) in [6.07, 6.45) is 13.5. The topological polar surface area (TPSA) is 61.7 Å². The highest BCUT2D eigenvalue weighted by molar-refractivity contribution is 7.66. The van der Waals surface area contributed by atoms with Crippen LogP contribution in [0.1, 0.15) is 83.5 Å². The van der Waals surface area contributed by atoms with E-state index in [4.69, 9.17) is 4.74 Å². The van der Waals surface area contributed by atoms with Gasteiger partial charge in [0, 0.05) is 0 Å². The quantitative estimate of drug-likeness (QED) is 0.245. The van der Waals surface area contributed by atoms with Crippen molar-refractivity contribution in [3.63, 3.8) is 0 Å². The zero-order valence-electron chi connectivity index (χ0n) is 19.7. The first-order valence-electron chi connectivity index (χ1n) is 11.7. The molecule has 0 bridgehead atoms. The van der Waals surface area contributed by atoms with E-state index in [0.29, 0.717) is 5.56 Å². The molecule has 0 aliphatic carbocycles. The lowest BCUT2D eigenvalue weighted by atomic mass is 10.1. The summed E-state index contributed by atoms with van der Waals surface area (Å²) < 4.78 is 5.39. The summed E-state index contributed by atoms with van der Waals surface area (Å²) in [5, 5.41) is 13.1. The molecule has 170 valence electrons. The molecule has 5 heteroatoms. The Bertz CT molecular complexity index is 686. The largest absolute Gasteiger partial charge is 0.387 e. The van der Waals surface area contributed by atoms with E-state index in [-0.39, 0.29) is 11.9 Å². The van der Waals surface area contributed by atoms with Gasteiger partial charge in [0.1, 0.15) is 0 Å². The number of allylic oxidation sites excluding steroid dienone is 1. The van der Waals surface area contributed by atoms with Crippen molar-refractivity contribution in [2.24, 2.45) is 4.74 Å². The number of carbonyl (C=O) groups is 1. The number of carbonyl (C=O) groups excluding carboxylic acids is 1. The van der Waals surface area contributed by atoms with E-state index in [2.05, 4.69) is 26.1 Å². The Morgan fingerprint density at radius 1 is 1.07 bits per heavy atom. The summed E-state index contributed by atoms with van der Waals surface area (Å²) in [7, 11) is -1.51. The van der Waals surface area contributed by atoms with Crippen LogP contribution in [0.4, 0.5) is 5.69 Å². The Kier molecular flexibility index (Phi) is 13.0. The highest BCUT2D eigenvalue weighted by Crippen LogP contribution is 2.54. The molecular formula is C25H43N2O2P. The third kappa shape index (κ3) is 8.78. The number of unbranched alkanes of at least 4 members (excludes halogenated alkanes) is 3. The minimum atomic E-state index is -1.51. The number of benzene rings is 1. The van der Waals surface area contributed by atoms with Gasteiger partial charge in [-0.1, -0.05) is 64.3 Å². The van der Waals surface area contributed by atoms with Crippen molar-refractivity contribution >= 4 is 18.6 Å². The van der Waals surface area contributed by atoms with Gasteiger partial charge in [-0.3, -0.25) is 9.54 Å². The van der Waals surface area contributed by atoms with Gasteiger partial charge in [0.05, 0.1) is 23.4 Å². The Balaban J connectivity index is 3.30. The number of aliphatic hydroxyl groups excluding tert-OH is 1. The lowest BCUT2D eigenvalue weighted by Crippen LogP contribution is -2.40. The molecule has 0 fully saturated rings. The number of rotatable bonds is 14. The van der Waals surface area contributed by atoms with Gasteiger partial charge in [0.2, 0.25) is 0 Å². The summed E-state index contributed by atoms with van der Waals surface area (Å²) in [4.78, 5) is 13.0. The number of aliphatic hydroxyl groups is 1. The Morgan fingerprint density at radius 2 is 1.60 bits per heavy atom. The lowest BCUT2D eigenvalue weighted by molar-refractivity contribution is 0.0895. The smallest absolute Gasteiger partial charge is 0.253 e. The average Bonchev–Trinajstić information content (AvgIpc) is 2.75. The predicted octanol–water partition coefficient (Wildman–Crippen LogP) is 6.97. The summed E-state index contributed by atoms with van der Waals surface area (Å²) >= 11 is 0. The van der Waals surface area contributed by atoms with Gasteiger partial charge < -0.3 is 10.4 Å². The molecule has 0 saturated heterocycles. The molecule has 1 aromatic carbocycles. The fourth-order valence-electron chi connectivity index (χ4n) is 3.56. The summed E-state index contributed by atoms with van der Waals surface area (Å²) in [5.41, 5.74) is 1.44. The van der Waals surface area contributed by atoms with E-state index >= 15 is 0 Å². The van der Waals surface area contributed by atoms with Crippen LogP contribution in [0.25, 0.3) is 0 Å². The van der Waals surface area contributed by atoms with Crippen LogP contribution >= 0.6 is 7.05 Å². The number of hydrogen-bond donors (Lipinski definition) is 2. The van der Waals surface area contributed by atoms with Crippen molar-refractivity contribution in [3.8, 4) is 0 Å². The highest BCUT2D eigenvalue weighted by atomic mass is 31.2. The van der Waals surface area contributed by atoms with Crippen molar-refractivity contribution in [1.82, 2.24) is 5.32 Å². The number of nitrogens with zero attached hydrogens (tertiary/aromatic N) is 1. The van der Waals surface area contributed by atoms with Crippen LogP contribution in [0, 0.1) is 0 Å². The number of nitrogens with one attached hydrogen (secondary N) is 1. The summed E-state index contributed by atoms with van der Waals surface area (Å²) in [5.74, 6) is -0.162. The molecule has 0 spiro atoms. The molecule has 0 aliphatic rings. The SMILES string of the molecule is C/C=C/C(O)C(C)NC(=O)c1ccccc1N=P(CCCC)(CCCC)CCCC. The molecule has 0 saturated carbocycles. The van der Waals surface area contributed by atoms with Crippen molar-refractivity contribution < 1.29 is 9.90 Å². The monoisotopic (exact) mass is 434 g/mol. The van der Waals surface area contributed by atoms with Gasteiger partial charge in [-0.15, -0.1) is 0 Å². The van der Waals surface area contributed by atoms with Gasteiger partial charge >= 0.3 is 0 Å². The minimum absolute atomic E-state index is 0.162. The highest BCUT2D eigenvalue weighted by Gasteiger charge is 2.22. The fraction of sp³-hybridized carbons (Fsp3) is 0.640. The molecule has 1 aromatic rings. The maximum atomic E-state index is 13.0. The molecule has 2 N–H and O–H groups in total. The first-order valence-corrected chi connectivity index (χ1v) is 14.0. The van der Waals surface area contributed by atoms with Crippen LogP contribution in [0.3, 0.4) is 0 Å². The van der Waals surface area contributed by atoms with Gasteiger partial charge in [-0.25, -0.2) is 0 Å². The molecule has 0 heterocycles. The molecule has 1 amide bonds. The summed E-state index contributed by atoms with van der Waals surface area (Å²) in [6.45, 7) is 10.4. The van der Waals surface area contributed by atoms with Gasteiger partial charge in [-0.05, 0) is 70.8 Å². The molecule has 1 rings (SSSR count). The molecule has 0 aliphatic heterocycles. The lowest BCUT2D eigenvalue weighted by Gasteiger charge is -2.26. The molecule has 0 aromatic heterocycles. The first kappa shape index (κ1) is 26.7. The zero-order chi connectivity index (χ0) is 22.4. The molecule has 2 atom stereocenters. The van der Waals surface area contributed by atoms with E-state index < -0.39 is 13.2 Å². The average molecular weight is 435 g/mol. The molecule has 0 radical (unpaired) electrons. The number of amides is 1. The maximum Gasteiger partial charge on any atom is 0.253 e. The second-order valence-corrected chi connectivity index (χ2v) is 12.0. The standard InChI is InChI=1S/C25H43N2O2P/c1-6-10-18-30(19-11-7-2,20-12-8-3)27-23-17-14-13-16-22(23)25(29)26-21(5)24(28)15-9-4/h9,13-17,21,24,28H,6-8,10-12,18-20H2,1-5H3,(H,26,29)/b15-9+. The van der Waals surface area contributed by atoms with E-state index in [9.17, 15) is 9.90 Å². The van der Waals surface area contributed by atoms with Crippen LogP contribution in [0.15, 0.2) is 41.2 Å². The first-order chi connectivity index (χ1) is 14.4. The van der Waals surface area contributed by atoms with Gasteiger partial charge in [0.15, 0.2) is 0 Å². The van der Waals surface area contributed by atoms with Crippen LogP contribution in [0.2, 0.25) is 0 Å². The maximum absolute atomic E-state index is 13.0. The normalized spacial score (nSPS) is 13.9. The van der Waals surface area contributed by atoms with Crippen LogP contribution in [0.5, 0.6) is 0 Å². The molecule has 4 nitrogen and oxygen atoms in total. The fourth-order valence-corrected chi connectivity index (χ4v) is 7.87. The molecular weight excluding hydrogens is 391 g/mol. The van der Waals surface area contributed by atoms with E-state index in [1.807, 2.05) is 38.1 Å². The van der Waals surface area contributed by atoms with E-state index in [0.717, 1.165) is 5.69 Å². The molecule has 30 heavy (non-hydrogen) atoms. The molecule has 2 unspecified atom stereocenters. The third-order valence-electron chi connectivity index (χ3n) is 5.51. The minimum Gasteiger partial charge on any atom is -0.387 e. The summed E-state index contributed by atoms with van der Waals surface area (Å²) in [6, 6.07) is 7.35. The van der Waals surface area contributed by atoms with Crippen molar-refractivity contribution in [2.75, 3.05) is 18.5 Å². The van der Waals surface area contributed by atoms with Crippen LogP contribution in [-0.2, 0) is 0 Å². The van der Waals surface area contributed by atoms with Gasteiger partial charge in [-0.2, -0.15) is 0 Å². The number of hydrogen-bond acceptors (Lipinski definition) is 3. The van der Waals surface area contributed by atoms with Crippen molar-refractivity contribution in [3.05, 3.63) is 42.0 Å². The van der Waals surface area contributed by atoms with Crippen molar-refractivity contribution in [1.29, 1.82) is 0 Å². The predicted molar refractivity (Wildman–Crippen MR) is 133 cm³/mol. The second-order valence-electron chi connectivity index (χ2n) is 8.22. The van der Waals surface area contributed by atoms with Crippen LogP contribution in [-0.4, -0.2) is 41.6 Å². The Labute approximate surface area is 184 Å². The van der Waals surface area contributed by atoms with E-state index in [1.54, 1.807) is 12.2 Å². The second kappa shape index (κ2) is 14.6. The third-order valence-corrected chi connectivity index (χ3v) is 9.60. The van der Waals surface area contributed by atoms with Crippen LogP contribution < -0.4 is 5.32 Å². The Morgan fingerprint density at radius 3 is 2.10 bits per heavy atom.